The molecule has 0 aromatic heterocycles. The SMILES string of the molecule is CC1=[N+](CCCCCC(=O)NCCCCC(NC(=O)NC(CCC(=O)O)C(=O)O)C(=O)O)c2ccc(S(=O)(=O)O)cc2C1(C)C. The molecule has 15 nitrogen and oxygen atoms in total. The van der Waals surface area contributed by atoms with Crippen molar-refractivity contribution in [3.05, 3.63) is 23.8 Å². The number of benzene rings is 1. The van der Waals surface area contributed by atoms with Crippen LogP contribution >= 0.6 is 0 Å². The number of carbonyl (C=O) groups excluding carboxylic acids is 2. The Kier molecular flexibility index (Phi) is 13.5. The molecule has 0 bridgehead atoms. The number of nitrogens with one attached hydrogen (secondary N) is 3. The van der Waals surface area contributed by atoms with Crippen molar-refractivity contribution in [1.29, 1.82) is 0 Å². The fourth-order valence-electron chi connectivity index (χ4n) is 5.08. The molecule has 0 spiro atoms. The molecule has 1 aromatic carbocycles. The van der Waals surface area contributed by atoms with Crippen LogP contribution in [0, 0.1) is 0 Å². The van der Waals surface area contributed by atoms with Gasteiger partial charge in [-0.25, -0.2) is 14.4 Å². The van der Waals surface area contributed by atoms with Gasteiger partial charge in [-0.05, 0) is 64.5 Å². The summed E-state index contributed by atoms with van der Waals surface area (Å²) in [6, 6.07) is 0.782. The second kappa shape index (κ2) is 16.3. The first kappa shape index (κ1) is 37.1. The molecule has 1 aromatic rings. The Bertz CT molecular complexity index is 1420. The van der Waals surface area contributed by atoms with E-state index in [-0.39, 0.29) is 23.6 Å². The number of carboxylic acids is 3. The molecule has 16 heteroatoms. The van der Waals surface area contributed by atoms with Crippen LogP contribution < -0.4 is 16.0 Å². The largest absolute Gasteiger partial charge is 0.481 e. The first-order valence-electron chi connectivity index (χ1n) is 14.7. The fraction of sp³-hybridized carbons (Fsp3) is 0.586. The van der Waals surface area contributed by atoms with Crippen LogP contribution in [0.4, 0.5) is 10.5 Å². The lowest BCUT2D eigenvalue weighted by atomic mass is 9.82. The highest BCUT2D eigenvalue weighted by molar-refractivity contribution is 7.85. The molecular formula is C29H43N4O11S+. The summed E-state index contributed by atoms with van der Waals surface area (Å²) in [4.78, 5) is 57.6. The maximum Gasteiger partial charge on any atom is 0.326 e. The van der Waals surface area contributed by atoms with E-state index in [1.54, 1.807) is 6.07 Å². The number of carbonyl (C=O) groups is 5. The smallest absolute Gasteiger partial charge is 0.326 e. The van der Waals surface area contributed by atoms with Gasteiger partial charge in [0, 0.05) is 44.4 Å². The van der Waals surface area contributed by atoms with Crippen LogP contribution in [0.25, 0.3) is 0 Å². The Morgan fingerprint density at radius 1 is 0.867 bits per heavy atom. The molecule has 250 valence electrons. The van der Waals surface area contributed by atoms with E-state index >= 15 is 0 Å². The highest BCUT2D eigenvalue weighted by Crippen LogP contribution is 2.40. The van der Waals surface area contributed by atoms with E-state index in [1.807, 2.05) is 20.8 Å². The van der Waals surface area contributed by atoms with Gasteiger partial charge in [0.1, 0.15) is 18.6 Å². The highest BCUT2D eigenvalue weighted by Gasteiger charge is 2.43. The maximum atomic E-state index is 12.2. The van der Waals surface area contributed by atoms with Crippen LogP contribution in [-0.2, 0) is 34.7 Å². The van der Waals surface area contributed by atoms with Crippen molar-refractivity contribution >= 4 is 51.4 Å². The van der Waals surface area contributed by atoms with E-state index in [1.165, 1.54) is 12.1 Å². The predicted molar refractivity (Wildman–Crippen MR) is 161 cm³/mol. The number of carboxylic acid groups (broad SMARTS) is 3. The number of hydrogen-bond acceptors (Lipinski definition) is 7. The summed E-state index contributed by atoms with van der Waals surface area (Å²) < 4.78 is 34.8. The normalized spacial score (nSPS) is 15.1. The van der Waals surface area contributed by atoms with E-state index in [4.69, 9.17) is 10.2 Å². The Morgan fingerprint density at radius 3 is 2.07 bits per heavy atom. The molecule has 1 aliphatic rings. The lowest BCUT2D eigenvalue weighted by molar-refractivity contribution is -0.439. The van der Waals surface area contributed by atoms with E-state index in [0.717, 1.165) is 29.8 Å². The van der Waals surface area contributed by atoms with Gasteiger partial charge < -0.3 is 31.3 Å². The zero-order valence-electron chi connectivity index (χ0n) is 25.7. The number of aliphatic carboxylic acids is 3. The number of hydrogen-bond donors (Lipinski definition) is 7. The van der Waals surface area contributed by atoms with Crippen molar-refractivity contribution in [2.24, 2.45) is 0 Å². The van der Waals surface area contributed by atoms with Crippen molar-refractivity contribution in [1.82, 2.24) is 16.0 Å². The van der Waals surface area contributed by atoms with Crippen LogP contribution in [0.15, 0.2) is 23.1 Å². The number of unbranched alkanes of at least 4 members (excludes halogenated alkanes) is 3. The summed E-state index contributed by atoms with van der Waals surface area (Å²) in [5.41, 5.74) is 2.37. The van der Waals surface area contributed by atoms with E-state index < -0.39 is 58.0 Å². The second-order valence-electron chi connectivity index (χ2n) is 11.5. The Morgan fingerprint density at radius 2 is 1.49 bits per heavy atom. The monoisotopic (exact) mass is 655 g/mol. The molecule has 0 saturated heterocycles. The molecule has 45 heavy (non-hydrogen) atoms. The van der Waals surface area contributed by atoms with Gasteiger partial charge in [-0.3, -0.25) is 14.1 Å². The predicted octanol–water partition coefficient (Wildman–Crippen LogP) is 2.25. The van der Waals surface area contributed by atoms with Crippen LogP contribution in [0.2, 0.25) is 0 Å². The number of fused-ring (bicyclic) bond motifs is 1. The molecule has 0 radical (unpaired) electrons. The first-order chi connectivity index (χ1) is 20.9. The Labute approximate surface area is 261 Å². The Balaban J connectivity index is 1.69. The number of nitrogens with zero attached hydrogens (tertiary/aromatic N) is 1. The van der Waals surface area contributed by atoms with Crippen molar-refractivity contribution in [2.75, 3.05) is 13.1 Å². The summed E-state index contributed by atoms with van der Waals surface area (Å²) in [7, 11) is -4.31. The summed E-state index contributed by atoms with van der Waals surface area (Å²) in [6.07, 6.45) is 2.54. The molecule has 1 aliphatic heterocycles. The van der Waals surface area contributed by atoms with E-state index in [0.29, 0.717) is 38.8 Å². The van der Waals surface area contributed by atoms with Crippen molar-refractivity contribution in [2.45, 2.75) is 101 Å². The lowest BCUT2D eigenvalue weighted by Gasteiger charge is -2.18. The summed E-state index contributed by atoms with van der Waals surface area (Å²) >= 11 is 0. The molecule has 0 aliphatic carbocycles. The quantitative estimate of drug-likeness (QED) is 0.0648. The average molecular weight is 656 g/mol. The maximum absolute atomic E-state index is 12.2. The van der Waals surface area contributed by atoms with Crippen molar-refractivity contribution < 1.29 is 56.8 Å². The third kappa shape index (κ3) is 11.1. The third-order valence-corrected chi connectivity index (χ3v) is 8.77. The molecule has 0 saturated carbocycles. The van der Waals surface area contributed by atoms with Gasteiger partial charge in [-0.2, -0.15) is 13.0 Å². The molecule has 2 atom stereocenters. The Hall–Kier alpha value is -4.05. The molecule has 3 amide bonds. The third-order valence-electron chi connectivity index (χ3n) is 7.92. The van der Waals surface area contributed by atoms with Gasteiger partial charge >= 0.3 is 23.9 Å². The minimum Gasteiger partial charge on any atom is -0.481 e. The zero-order chi connectivity index (χ0) is 33.9. The molecule has 1 heterocycles. The van der Waals surface area contributed by atoms with E-state index in [2.05, 4.69) is 20.5 Å². The van der Waals surface area contributed by atoms with Crippen LogP contribution in [0.3, 0.4) is 0 Å². The number of rotatable bonds is 19. The highest BCUT2D eigenvalue weighted by atomic mass is 32.2. The van der Waals surface area contributed by atoms with Gasteiger partial charge in [-0.15, -0.1) is 0 Å². The van der Waals surface area contributed by atoms with Crippen LogP contribution in [0.5, 0.6) is 0 Å². The summed E-state index contributed by atoms with van der Waals surface area (Å²) in [5.74, 6) is -4.13. The van der Waals surface area contributed by atoms with Crippen molar-refractivity contribution in [3.8, 4) is 0 Å². The van der Waals surface area contributed by atoms with Gasteiger partial charge in [0.05, 0.1) is 10.3 Å². The van der Waals surface area contributed by atoms with Gasteiger partial charge in [0.2, 0.25) is 11.6 Å². The summed E-state index contributed by atoms with van der Waals surface area (Å²) in [5, 5.41) is 34.2. The van der Waals surface area contributed by atoms with Crippen molar-refractivity contribution in [3.63, 3.8) is 0 Å². The second-order valence-corrected chi connectivity index (χ2v) is 12.9. The molecule has 2 rings (SSSR count). The standard InChI is InChI=1S/C29H42N4O11S/c1-18-29(2,3)20-17-19(45(42,43)44)11-13-23(20)33(18)16-8-4-5-10-24(34)30-15-7-6-9-21(26(37)38)31-28(41)32-22(27(39)40)12-14-25(35)36/h11,13,17,21-22H,4-10,12,14-16H2,1-3H3,(H6-,30,31,32,34,35,36,37,38,39,40,41,42,43,44)/p+1. The zero-order valence-corrected chi connectivity index (χ0v) is 26.5. The average Bonchev–Trinajstić information content (AvgIpc) is 3.13. The van der Waals surface area contributed by atoms with Gasteiger partial charge in [-0.1, -0.05) is 0 Å². The molecule has 0 fully saturated rings. The van der Waals surface area contributed by atoms with Gasteiger partial charge in [0.25, 0.3) is 10.1 Å². The topological polar surface area (TPSA) is 240 Å². The minimum absolute atomic E-state index is 0.0372. The van der Waals surface area contributed by atoms with Crippen LogP contribution in [0.1, 0.15) is 84.1 Å². The minimum atomic E-state index is -4.31. The fourth-order valence-corrected chi connectivity index (χ4v) is 5.58. The lowest BCUT2D eigenvalue weighted by Crippen LogP contribution is -2.51. The first-order valence-corrected chi connectivity index (χ1v) is 16.1. The number of amides is 3. The molecule has 2 unspecified atom stereocenters. The van der Waals surface area contributed by atoms with Gasteiger partial charge in [0.15, 0.2) is 5.71 Å². The van der Waals surface area contributed by atoms with Crippen LogP contribution in [-0.4, -0.2) is 93.6 Å². The molecule has 7 N–H and O–H groups in total. The molecular weight excluding hydrogens is 612 g/mol. The number of urea groups is 1. The van der Waals surface area contributed by atoms with E-state index in [9.17, 15) is 42.0 Å². The summed E-state index contributed by atoms with van der Waals surface area (Å²) in [6.45, 7) is 6.98.